The Morgan fingerprint density at radius 2 is 2.12 bits per heavy atom. The van der Waals surface area contributed by atoms with Gasteiger partial charge in [0.1, 0.15) is 0 Å². The third kappa shape index (κ3) is 4.09. The highest BCUT2D eigenvalue weighted by molar-refractivity contribution is 9.10. The van der Waals surface area contributed by atoms with Crippen LogP contribution in [0.3, 0.4) is 0 Å². The summed E-state index contributed by atoms with van der Waals surface area (Å²) in [6.45, 7) is 5.01. The second-order valence-electron chi connectivity index (χ2n) is 4.63. The molecule has 0 saturated heterocycles. The van der Waals surface area contributed by atoms with Gasteiger partial charge < -0.3 is 10.8 Å². The van der Waals surface area contributed by atoms with Crippen molar-refractivity contribution in [3.05, 3.63) is 33.8 Å². The third-order valence-electron chi connectivity index (χ3n) is 3.37. The number of aliphatic hydroxyl groups excluding tert-OH is 1. The van der Waals surface area contributed by atoms with E-state index in [4.69, 9.17) is 5.73 Å². The van der Waals surface area contributed by atoms with Crippen molar-refractivity contribution in [1.29, 1.82) is 0 Å². The Kier molecular flexibility index (Phi) is 6.17. The van der Waals surface area contributed by atoms with Crippen LogP contribution in [0, 0.1) is 12.8 Å². The molecule has 96 valence electrons. The summed E-state index contributed by atoms with van der Waals surface area (Å²) in [7, 11) is 0. The number of nitrogens with two attached hydrogens (primary N) is 1. The smallest absolute Gasteiger partial charge is 0.0471 e. The van der Waals surface area contributed by atoms with Gasteiger partial charge in [-0.15, -0.1) is 0 Å². The van der Waals surface area contributed by atoms with Crippen LogP contribution in [0.2, 0.25) is 0 Å². The minimum absolute atomic E-state index is 0.181. The maximum atomic E-state index is 9.23. The van der Waals surface area contributed by atoms with E-state index in [9.17, 15) is 5.11 Å². The summed E-state index contributed by atoms with van der Waals surface area (Å²) in [6, 6.07) is 6.51. The van der Waals surface area contributed by atoms with Crippen molar-refractivity contribution in [2.45, 2.75) is 32.6 Å². The summed E-state index contributed by atoms with van der Waals surface area (Å²) in [5.74, 6) is 0.688. The van der Waals surface area contributed by atoms with Gasteiger partial charge in [0, 0.05) is 11.1 Å². The van der Waals surface area contributed by atoms with E-state index in [0.29, 0.717) is 12.5 Å². The molecule has 3 N–H and O–H groups in total. The van der Waals surface area contributed by atoms with Gasteiger partial charge in [-0.25, -0.2) is 0 Å². The Balaban J connectivity index is 2.82. The van der Waals surface area contributed by atoms with Gasteiger partial charge in [-0.3, -0.25) is 0 Å². The Labute approximate surface area is 112 Å². The van der Waals surface area contributed by atoms with Crippen LogP contribution in [0.15, 0.2) is 22.7 Å². The summed E-state index contributed by atoms with van der Waals surface area (Å²) in [5, 5.41) is 9.23. The standard InChI is InChI=1S/C14H22BrNO/c1-3-12(6-11(8-16)9-17)13-5-4-10(2)14(15)7-13/h4-5,7,11-12,17H,3,6,8-9,16H2,1-2H3. The predicted octanol–water partition coefficient (Wildman–Crippen LogP) is 3.21. The molecule has 0 aliphatic carbocycles. The van der Waals surface area contributed by atoms with Crippen molar-refractivity contribution < 1.29 is 5.11 Å². The molecule has 2 nitrogen and oxygen atoms in total. The van der Waals surface area contributed by atoms with Crippen LogP contribution in [-0.2, 0) is 0 Å². The number of benzene rings is 1. The molecule has 2 atom stereocenters. The molecule has 0 saturated carbocycles. The molecule has 3 heteroatoms. The zero-order valence-electron chi connectivity index (χ0n) is 10.6. The topological polar surface area (TPSA) is 46.2 Å². The molecule has 0 radical (unpaired) electrons. The summed E-state index contributed by atoms with van der Waals surface area (Å²) < 4.78 is 1.15. The molecule has 2 unspecified atom stereocenters. The monoisotopic (exact) mass is 299 g/mol. The number of aliphatic hydroxyl groups is 1. The summed E-state index contributed by atoms with van der Waals surface area (Å²) in [4.78, 5) is 0. The van der Waals surface area contributed by atoms with Gasteiger partial charge in [0.15, 0.2) is 0 Å². The molecule has 0 aliphatic rings. The molecule has 0 aromatic heterocycles. The molecule has 1 rings (SSSR count). The van der Waals surface area contributed by atoms with Crippen molar-refractivity contribution in [1.82, 2.24) is 0 Å². The van der Waals surface area contributed by atoms with Gasteiger partial charge in [-0.2, -0.15) is 0 Å². The van der Waals surface area contributed by atoms with Crippen LogP contribution in [0.4, 0.5) is 0 Å². The first-order chi connectivity index (χ1) is 8.12. The van der Waals surface area contributed by atoms with E-state index in [-0.39, 0.29) is 12.5 Å². The third-order valence-corrected chi connectivity index (χ3v) is 4.22. The average Bonchev–Trinajstić information content (AvgIpc) is 2.35. The lowest BCUT2D eigenvalue weighted by Gasteiger charge is -2.21. The molecule has 0 aliphatic heterocycles. The second kappa shape index (κ2) is 7.14. The minimum Gasteiger partial charge on any atom is -0.396 e. The van der Waals surface area contributed by atoms with Crippen molar-refractivity contribution in [3.8, 4) is 0 Å². The minimum atomic E-state index is 0.181. The van der Waals surface area contributed by atoms with Gasteiger partial charge in [0.2, 0.25) is 0 Å². The lowest BCUT2D eigenvalue weighted by atomic mass is 9.87. The molecule has 0 spiro atoms. The van der Waals surface area contributed by atoms with Crippen molar-refractivity contribution in [2.24, 2.45) is 11.7 Å². The fourth-order valence-corrected chi connectivity index (χ4v) is 2.45. The maximum absolute atomic E-state index is 9.23. The largest absolute Gasteiger partial charge is 0.396 e. The SMILES string of the molecule is CCC(CC(CN)CO)c1ccc(C)c(Br)c1. The van der Waals surface area contributed by atoms with E-state index < -0.39 is 0 Å². The summed E-state index contributed by atoms with van der Waals surface area (Å²) in [6.07, 6.45) is 2.03. The van der Waals surface area contributed by atoms with Crippen LogP contribution in [0.1, 0.15) is 36.8 Å². The zero-order chi connectivity index (χ0) is 12.8. The Hall–Kier alpha value is -0.380. The lowest BCUT2D eigenvalue weighted by molar-refractivity contribution is 0.214. The van der Waals surface area contributed by atoms with Crippen LogP contribution in [-0.4, -0.2) is 18.3 Å². The molecular weight excluding hydrogens is 278 g/mol. The van der Waals surface area contributed by atoms with Crippen LogP contribution in [0.25, 0.3) is 0 Å². The fraction of sp³-hybridized carbons (Fsp3) is 0.571. The van der Waals surface area contributed by atoms with Gasteiger partial charge >= 0.3 is 0 Å². The Bertz CT molecular complexity index is 350. The van der Waals surface area contributed by atoms with Crippen LogP contribution < -0.4 is 5.73 Å². The van der Waals surface area contributed by atoms with Gasteiger partial charge in [-0.1, -0.05) is 35.0 Å². The first-order valence-corrected chi connectivity index (χ1v) is 6.98. The number of rotatable bonds is 6. The molecular formula is C14H22BrNO. The van der Waals surface area contributed by atoms with Crippen molar-refractivity contribution >= 4 is 15.9 Å². The van der Waals surface area contributed by atoms with E-state index in [0.717, 1.165) is 17.3 Å². The highest BCUT2D eigenvalue weighted by atomic mass is 79.9. The van der Waals surface area contributed by atoms with E-state index >= 15 is 0 Å². The molecule has 0 heterocycles. The number of halogens is 1. The van der Waals surface area contributed by atoms with E-state index in [1.807, 2.05) is 0 Å². The van der Waals surface area contributed by atoms with Crippen molar-refractivity contribution in [3.63, 3.8) is 0 Å². The Morgan fingerprint density at radius 1 is 1.41 bits per heavy atom. The highest BCUT2D eigenvalue weighted by Crippen LogP contribution is 2.29. The molecule has 0 amide bonds. The van der Waals surface area contributed by atoms with Crippen molar-refractivity contribution in [2.75, 3.05) is 13.2 Å². The second-order valence-corrected chi connectivity index (χ2v) is 5.49. The lowest BCUT2D eigenvalue weighted by Crippen LogP contribution is -2.20. The maximum Gasteiger partial charge on any atom is 0.0471 e. The fourth-order valence-electron chi connectivity index (χ4n) is 2.05. The molecule has 17 heavy (non-hydrogen) atoms. The van der Waals surface area contributed by atoms with Crippen LogP contribution in [0.5, 0.6) is 0 Å². The normalized spacial score (nSPS) is 14.6. The molecule has 0 fully saturated rings. The number of hydrogen-bond donors (Lipinski definition) is 2. The molecule has 0 bridgehead atoms. The van der Waals surface area contributed by atoms with E-state index in [1.165, 1.54) is 11.1 Å². The predicted molar refractivity (Wildman–Crippen MR) is 76.2 cm³/mol. The van der Waals surface area contributed by atoms with Crippen LogP contribution >= 0.6 is 15.9 Å². The van der Waals surface area contributed by atoms with Gasteiger partial charge in [0.25, 0.3) is 0 Å². The zero-order valence-corrected chi connectivity index (χ0v) is 12.2. The van der Waals surface area contributed by atoms with E-state index in [1.54, 1.807) is 0 Å². The molecule has 1 aromatic rings. The highest BCUT2D eigenvalue weighted by Gasteiger charge is 2.15. The quantitative estimate of drug-likeness (QED) is 0.847. The molecule has 1 aromatic carbocycles. The Morgan fingerprint density at radius 3 is 2.59 bits per heavy atom. The summed E-state index contributed by atoms with van der Waals surface area (Å²) >= 11 is 3.57. The first-order valence-electron chi connectivity index (χ1n) is 6.19. The average molecular weight is 300 g/mol. The summed E-state index contributed by atoms with van der Waals surface area (Å²) in [5.41, 5.74) is 8.23. The number of aryl methyl sites for hydroxylation is 1. The van der Waals surface area contributed by atoms with E-state index in [2.05, 4.69) is 48.0 Å². The first kappa shape index (κ1) is 14.7. The number of hydrogen-bond acceptors (Lipinski definition) is 2. The van der Waals surface area contributed by atoms with Gasteiger partial charge in [0.05, 0.1) is 0 Å². The van der Waals surface area contributed by atoms with Gasteiger partial charge in [-0.05, 0) is 55.3 Å².